The van der Waals surface area contributed by atoms with Crippen LogP contribution in [0, 0.1) is 13.8 Å². The first-order valence-electron chi connectivity index (χ1n) is 12.5. The Labute approximate surface area is 232 Å². The number of thiophene rings is 1. The zero-order chi connectivity index (χ0) is 26.4. The molecule has 3 heterocycles. The molecule has 2 unspecified atom stereocenters. The summed E-state index contributed by atoms with van der Waals surface area (Å²) in [4.78, 5) is 8.54. The van der Waals surface area contributed by atoms with Crippen molar-refractivity contribution >= 4 is 49.1 Å². The molecule has 38 heavy (non-hydrogen) atoms. The van der Waals surface area contributed by atoms with E-state index in [4.69, 9.17) is 5.26 Å². The van der Waals surface area contributed by atoms with Crippen LogP contribution in [0.15, 0.2) is 83.1 Å². The number of hydrogen-bond acceptors (Lipinski definition) is 5. The van der Waals surface area contributed by atoms with Gasteiger partial charge in [-0.25, -0.2) is 9.28 Å². The Balaban J connectivity index is 1.61. The maximum absolute atomic E-state index is 14.8. The standard InChI is InChI=1S/C30H28FN2O2PS2/c1-18-6-9-23(10-7-18)38-33-26-11-8-19(2)14-25(26)27(24-12-13-37-29(24)30(31)36)28(33)20-4-3-5-21(15-20)32-16-22(17-32)35-34/h3-15,22,30,34H,16-17,36H2,1-2H3. The molecule has 1 N–H and O–H groups in total. The highest BCUT2D eigenvalue weighted by Gasteiger charge is 2.29. The van der Waals surface area contributed by atoms with Gasteiger partial charge in [0.15, 0.2) is 0 Å². The highest BCUT2D eigenvalue weighted by molar-refractivity contribution is 7.98. The number of benzene rings is 3. The van der Waals surface area contributed by atoms with Crippen LogP contribution < -0.4 is 4.90 Å². The maximum atomic E-state index is 14.8. The normalized spacial score (nSPS) is 14.7. The molecule has 0 amide bonds. The van der Waals surface area contributed by atoms with Gasteiger partial charge in [0.1, 0.15) is 12.0 Å². The van der Waals surface area contributed by atoms with Crippen LogP contribution in [-0.2, 0) is 4.89 Å². The lowest BCUT2D eigenvalue weighted by atomic mass is 9.97. The van der Waals surface area contributed by atoms with Crippen LogP contribution in [-0.4, -0.2) is 28.4 Å². The van der Waals surface area contributed by atoms with Crippen molar-refractivity contribution in [2.24, 2.45) is 0 Å². The van der Waals surface area contributed by atoms with E-state index in [1.54, 1.807) is 11.9 Å². The Hall–Kier alpha value is -2.67. The summed E-state index contributed by atoms with van der Waals surface area (Å²) < 4.78 is 17.1. The Bertz CT molecular complexity index is 1610. The highest BCUT2D eigenvalue weighted by Crippen LogP contribution is 2.49. The molecule has 2 atom stereocenters. The summed E-state index contributed by atoms with van der Waals surface area (Å²) in [5.74, 6) is -1.14. The van der Waals surface area contributed by atoms with E-state index in [0.717, 1.165) is 49.4 Å². The molecular formula is C30H28FN2O2PS2. The SMILES string of the molecule is Cc1ccc(Sn2c(-c3cccc(N4CC(OO)C4)c3)c(-c3ccsc3C(F)P)c3cc(C)ccc32)cc1. The fourth-order valence-electron chi connectivity index (χ4n) is 5.02. The van der Waals surface area contributed by atoms with E-state index >= 15 is 0 Å². The molecule has 0 radical (unpaired) electrons. The van der Waals surface area contributed by atoms with Gasteiger partial charge in [0.2, 0.25) is 0 Å². The average molecular weight is 563 g/mol. The van der Waals surface area contributed by atoms with Crippen LogP contribution in [0.2, 0.25) is 0 Å². The summed E-state index contributed by atoms with van der Waals surface area (Å²) >= 11 is 3.13. The third-order valence-electron chi connectivity index (χ3n) is 6.99. The zero-order valence-corrected chi connectivity index (χ0v) is 23.9. The number of aryl methyl sites for hydroxylation is 2. The molecule has 8 heteroatoms. The second-order valence-corrected chi connectivity index (χ2v) is 12.3. The van der Waals surface area contributed by atoms with Crippen LogP contribution in [0.5, 0.6) is 0 Å². The van der Waals surface area contributed by atoms with Gasteiger partial charge in [0.25, 0.3) is 0 Å². The number of alkyl halides is 1. The lowest BCUT2D eigenvalue weighted by Crippen LogP contribution is -2.51. The fraction of sp³-hybridized carbons (Fsp3) is 0.200. The number of anilines is 1. The van der Waals surface area contributed by atoms with Crippen molar-refractivity contribution in [3.8, 4) is 22.4 Å². The lowest BCUT2D eigenvalue weighted by Gasteiger charge is -2.38. The topological polar surface area (TPSA) is 37.6 Å². The van der Waals surface area contributed by atoms with Crippen LogP contribution >= 0.6 is 32.5 Å². The predicted octanol–water partition coefficient (Wildman–Crippen LogP) is 8.73. The number of halogens is 1. The molecule has 0 aliphatic carbocycles. The fourth-order valence-corrected chi connectivity index (χ4v) is 7.22. The molecular weight excluding hydrogens is 534 g/mol. The largest absolute Gasteiger partial charge is 0.366 e. The number of fused-ring (bicyclic) bond motifs is 1. The van der Waals surface area contributed by atoms with Gasteiger partial charge in [0, 0.05) is 45.7 Å². The number of aromatic nitrogens is 1. The van der Waals surface area contributed by atoms with E-state index in [-0.39, 0.29) is 6.10 Å². The van der Waals surface area contributed by atoms with Gasteiger partial charge in [-0.1, -0.05) is 50.7 Å². The van der Waals surface area contributed by atoms with E-state index in [0.29, 0.717) is 18.0 Å². The minimum atomic E-state index is -1.14. The highest BCUT2D eigenvalue weighted by atomic mass is 32.2. The maximum Gasteiger partial charge on any atom is 0.148 e. The first-order chi connectivity index (χ1) is 18.4. The van der Waals surface area contributed by atoms with Crippen molar-refractivity contribution < 1.29 is 14.5 Å². The second-order valence-electron chi connectivity index (χ2n) is 9.73. The van der Waals surface area contributed by atoms with Crippen molar-refractivity contribution in [2.75, 3.05) is 18.0 Å². The van der Waals surface area contributed by atoms with Crippen molar-refractivity contribution in [3.05, 3.63) is 94.2 Å². The second kappa shape index (κ2) is 10.5. The Morgan fingerprint density at radius 2 is 1.79 bits per heavy atom. The van der Waals surface area contributed by atoms with Crippen LogP contribution in [0.25, 0.3) is 33.3 Å². The monoisotopic (exact) mass is 562 g/mol. The zero-order valence-electron chi connectivity index (χ0n) is 21.1. The van der Waals surface area contributed by atoms with Crippen molar-refractivity contribution in [1.29, 1.82) is 0 Å². The third-order valence-corrected chi connectivity index (χ3v) is 9.59. The first-order valence-corrected chi connectivity index (χ1v) is 14.8. The molecule has 1 aliphatic rings. The third kappa shape index (κ3) is 4.67. The van der Waals surface area contributed by atoms with E-state index in [2.05, 4.69) is 104 Å². The molecule has 2 aromatic heterocycles. The smallest absolute Gasteiger partial charge is 0.148 e. The number of rotatable bonds is 7. The van der Waals surface area contributed by atoms with Crippen LogP contribution in [0.1, 0.15) is 21.9 Å². The lowest BCUT2D eigenvalue weighted by molar-refractivity contribution is -0.282. The predicted molar refractivity (Wildman–Crippen MR) is 161 cm³/mol. The number of nitrogens with zero attached hydrogens (tertiary/aromatic N) is 2. The molecule has 0 saturated carbocycles. The minimum Gasteiger partial charge on any atom is -0.366 e. The van der Waals surface area contributed by atoms with E-state index in [1.807, 2.05) is 11.4 Å². The first kappa shape index (κ1) is 25.6. The average Bonchev–Trinajstić information content (AvgIpc) is 3.48. The van der Waals surface area contributed by atoms with Gasteiger partial charge in [0.05, 0.1) is 16.1 Å². The summed E-state index contributed by atoms with van der Waals surface area (Å²) in [6.07, 6.45) is -0.169. The molecule has 4 nitrogen and oxygen atoms in total. The van der Waals surface area contributed by atoms with Gasteiger partial charge in [-0.2, -0.15) is 0 Å². The summed E-state index contributed by atoms with van der Waals surface area (Å²) in [6, 6.07) is 25.5. The molecule has 1 fully saturated rings. The van der Waals surface area contributed by atoms with Gasteiger partial charge < -0.3 is 4.90 Å². The summed E-state index contributed by atoms with van der Waals surface area (Å²) in [7, 11) is 2.32. The molecule has 1 saturated heterocycles. The van der Waals surface area contributed by atoms with E-state index in [1.165, 1.54) is 16.9 Å². The molecule has 0 spiro atoms. The molecule has 194 valence electrons. The van der Waals surface area contributed by atoms with Crippen LogP contribution in [0.4, 0.5) is 10.1 Å². The van der Waals surface area contributed by atoms with Crippen molar-refractivity contribution in [2.45, 2.75) is 30.8 Å². The molecule has 6 rings (SSSR count). The van der Waals surface area contributed by atoms with E-state index in [9.17, 15) is 4.39 Å². The van der Waals surface area contributed by atoms with Crippen LogP contribution in [0.3, 0.4) is 0 Å². The van der Waals surface area contributed by atoms with Gasteiger partial charge >= 0.3 is 0 Å². The quantitative estimate of drug-likeness (QED) is 0.122. The Kier molecular flexibility index (Phi) is 7.06. The van der Waals surface area contributed by atoms with Gasteiger partial charge in [-0.05, 0) is 73.6 Å². The van der Waals surface area contributed by atoms with Gasteiger partial charge in [-0.15, -0.1) is 11.3 Å². The summed E-state index contributed by atoms with van der Waals surface area (Å²) in [5, 5.41) is 12.1. The van der Waals surface area contributed by atoms with Crippen molar-refractivity contribution in [1.82, 2.24) is 3.97 Å². The number of hydrogen-bond donors (Lipinski definition) is 1. The summed E-state index contributed by atoms with van der Waals surface area (Å²) in [5.41, 5.74) is 8.59. The summed E-state index contributed by atoms with van der Waals surface area (Å²) in [6.45, 7) is 5.46. The van der Waals surface area contributed by atoms with Crippen molar-refractivity contribution in [3.63, 3.8) is 0 Å². The Morgan fingerprint density at radius 1 is 1.03 bits per heavy atom. The van der Waals surface area contributed by atoms with Gasteiger partial charge in [-0.3, -0.25) is 9.23 Å². The minimum absolute atomic E-state index is 0.169. The Morgan fingerprint density at radius 3 is 2.53 bits per heavy atom. The van der Waals surface area contributed by atoms with E-state index < -0.39 is 5.91 Å². The molecule has 5 aromatic rings. The molecule has 1 aliphatic heterocycles. The molecule has 3 aromatic carbocycles. The molecule has 0 bridgehead atoms.